The lowest BCUT2D eigenvalue weighted by Crippen LogP contribution is -2.33. The first-order valence-corrected chi connectivity index (χ1v) is 6.73. The maximum absolute atomic E-state index is 3.78. The minimum absolute atomic E-state index is 1.03. The van der Waals surface area contributed by atoms with Gasteiger partial charge in [-0.1, -0.05) is 36.9 Å². The van der Waals surface area contributed by atoms with Crippen molar-refractivity contribution in [2.75, 3.05) is 39.3 Å². The van der Waals surface area contributed by atoms with Crippen molar-refractivity contribution in [2.24, 2.45) is 0 Å². The highest BCUT2D eigenvalue weighted by atomic mass is 15.2. The highest BCUT2D eigenvalue weighted by Gasteiger charge is 2.07. The van der Waals surface area contributed by atoms with Gasteiger partial charge in [-0.2, -0.15) is 0 Å². The van der Waals surface area contributed by atoms with Crippen molar-refractivity contribution in [1.82, 2.24) is 15.5 Å². The van der Waals surface area contributed by atoms with Gasteiger partial charge in [0, 0.05) is 45.8 Å². The maximum Gasteiger partial charge on any atom is 0.0234 e. The molecule has 0 spiro atoms. The highest BCUT2D eigenvalue weighted by Crippen LogP contribution is 2.08. The molecule has 1 aromatic carbocycles. The predicted octanol–water partition coefficient (Wildman–Crippen LogP) is 1.32. The average molecular weight is 245 g/mol. The van der Waals surface area contributed by atoms with Crippen molar-refractivity contribution >= 4 is 6.08 Å². The van der Waals surface area contributed by atoms with Crippen LogP contribution in [0.2, 0.25) is 0 Å². The fourth-order valence-electron chi connectivity index (χ4n) is 2.19. The van der Waals surface area contributed by atoms with Gasteiger partial charge in [0.2, 0.25) is 0 Å². The lowest BCUT2D eigenvalue weighted by Gasteiger charge is -2.21. The van der Waals surface area contributed by atoms with E-state index in [2.05, 4.69) is 46.4 Å². The van der Waals surface area contributed by atoms with E-state index < -0.39 is 0 Å². The molecule has 3 heteroatoms. The van der Waals surface area contributed by atoms with Crippen LogP contribution in [0.5, 0.6) is 0 Å². The molecule has 2 N–H and O–H groups in total. The third-order valence-corrected chi connectivity index (χ3v) is 3.31. The zero-order valence-corrected chi connectivity index (χ0v) is 11.0. The van der Waals surface area contributed by atoms with Crippen molar-refractivity contribution < 1.29 is 0 Å². The minimum Gasteiger partial charge on any atom is -0.314 e. The van der Waals surface area contributed by atoms with Gasteiger partial charge in [-0.15, -0.1) is 0 Å². The van der Waals surface area contributed by atoms with Crippen LogP contribution in [-0.4, -0.2) is 44.2 Å². The van der Waals surface area contributed by atoms with Gasteiger partial charge >= 0.3 is 0 Å². The Morgan fingerprint density at radius 2 is 1.61 bits per heavy atom. The van der Waals surface area contributed by atoms with Gasteiger partial charge in [0.1, 0.15) is 0 Å². The van der Waals surface area contributed by atoms with Gasteiger partial charge in [0.25, 0.3) is 0 Å². The number of rotatable bonds is 3. The van der Waals surface area contributed by atoms with Crippen LogP contribution in [0, 0.1) is 0 Å². The monoisotopic (exact) mass is 245 g/mol. The first kappa shape index (κ1) is 13.3. The number of benzene rings is 1. The zero-order chi connectivity index (χ0) is 12.6. The number of hydrogen-bond donors (Lipinski definition) is 2. The van der Waals surface area contributed by atoms with Gasteiger partial charge < -0.3 is 10.6 Å². The van der Waals surface area contributed by atoms with Crippen molar-refractivity contribution in [3.8, 4) is 0 Å². The third kappa shape index (κ3) is 4.26. The standard InChI is InChI=1S/C15H23N3/c1-2-14-3-5-15(6-4-14)13-18-11-9-16-7-8-17-10-12-18/h2-6,16-17H,1,7-13H2. The molecule has 1 fully saturated rings. The van der Waals surface area contributed by atoms with E-state index in [4.69, 9.17) is 0 Å². The molecule has 1 aliphatic rings. The second-order valence-corrected chi connectivity index (χ2v) is 4.72. The molecule has 1 saturated heterocycles. The molecule has 0 bridgehead atoms. The molecule has 0 saturated carbocycles. The molecular weight excluding hydrogens is 222 g/mol. The molecule has 0 aromatic heterocycles. The molecule has 0 unspecified atom stereocenters. The van der Waals surface area contributed by atoms with E-state index in [9.17, 15) is 0 Å². The van der Waals surface area contributed by atoms with Gasteiger partial charge in [-0.25, -0.2) is 0 Å². The van der Waals surface area contributed by atoms with E-state index in [1.54, 1.807) is 0 Å². The Balaban J connectivity index is 1.90. The van der Waals surface area contributed by atoms with Gasteiger partial charge in [-0.3, -0.25) is 4.90 Å². The Morgan fingerprint density at radius 1 is 1.00 bits per heavy atom. The smallest absolute Gasteiger partial charge is 0.0234 e. The molecule has 1 aromatic rings. The summed E-state index contributed by atoms with van der Waals surface area (Å²) in [4.78, 5) is 2.49. The molecule has 1 heterocycles. The zero-order valence-electron chi connectivity index (χ0n) is 11.0. The SMILES string of the molecule is C=Cc1ccc(CN2CCNCCNCC2)cc1. The predicted molar refractivity (Wildman–Crippen MR) is 77.5 cm³/mol. The summed E-state index contributed by atoms with van der Waals surface area (Å²) in [6, 6.07) is 8.67. The molecular formula is C15H23N3. The first-order valence-electron chi connectivity index (χ1n) is 6.73. The summed E-state index contributed by atoms with van der Waals surface area (Å²) in [5.74, 6) is 0. The second-order valence-electron chi connectivity index (χ2n) is 4.72. The summed E-state index contributed by atoms with van der Waals surface area (Å²) < 4.78 is 0. The molecule has 3 nitrogen and oxygen atoms in total. The molecule has 2 rings (SSSR count). The van der Waals surface area contributed by atoms with Crippen LogP contribution in [0.15, 0.2) is 30.8 Å². The topological polar surface area (TPSA) is 27.3 Å². The summed E-state index contributed by atoms with van der Waals surface area (Å²) in [5.41, 5.74) is 2.56. The van der Waals surface area contributed by atoms with E-state index in [0.29, 0.717) is 0 Å². The highest BCUT2D eigenvalue weighted by molar-refractivity contribution is 5.47. The quantitative estimate of drug-likeness (QED) is 0.841. The first-order chi connectivity index (χ1) is 8.88. The Labute approximate surface area is 110 Å². The molecule has 0 amide bonds. The maximum atomic E-state index is 3.78. The van der Waals surface area contributed by atoms with Gasteiger partial charge in [-0.05, 0) is 11.1 Å². The van der Waals surface area contributed by atoms with Gasteiger partial charge in [0.05, 0.1) is 0 Å². The number of nitrogens with one attached hydrogen (secondary N) is 2. The molecule has 1 aliphatic heterocycles. The average Bonchev–Trinajstić information content (AvgIpc) is 2.54. The summed E-state index contributed by atoms with van der Waals surface area (Å²) in [5, 5.41) is 6.89. The Kier molecular flexibility index (Phi) is 5.39. The van der Waals surface area contributed by atoms with E-state index >= 15 is 0 Å². The summed E-state index contributed by atoms with van der Waals surface area (Å²) in [6.07, 6.45) is 1.89. The van der Waals surface area contributed by atoms with E-state index in [0.717, 1.165) is 45.8 Å². The van der Waals surface area contributed by atoms with Crippen LogP contribution in [0.3, 0.4) is 0 Å². The molecule has 98 valence electrons. The number of nitrogens with zero attached hydrogens (tertiary/aromatic N) is 1. The molecule has 0 atom stereocenters. The van der Waals surface area contributed by atoms with E-state index in [-0.39, 0.29) is 0 Å². The van der Waals surface area contributed by atoms with Crippen molar-refractivity contribution in [3.05, 3.63) is 42.0 Å². The third-order valence-electron chi connectivity index (χ3n) is 3.31. The van der Waals surface area contributed by atoms with Crippen LogP contribution in [0.1, 0.15) is 11.1 Å². The minimum atomic E-state index is 1.03. The molecule has 0 radical (unpaired) electrons. The Bertz CT molecular complexity index is 349. The van der Waals surface area contributed by atoms with Crippen molar-refractivity contribution in [1.29, 1.82) is 0 Å². The number of hydrogen-bond acceptors (Lipinski definition) is 3. The van der Waals surface area contributed by atoms with Crippen LogP contribution >= 0.6 is 0 Å². The second kappa shape index (κ2) is 7.31. The van der Waals surface area contributed by atoms with Crippen LogP contribution in [0.25, 0.3) is 6.08 Å². The van der Waals surface area contributed by atoms with Crippen molar-refractivity contribution in [2.45, 2.75) is 6.54 Å². The lowest BCUT2D eigenvalue weighted by atomic mass is 10.1. The normalized spacial score (nSPS) is 18.7. The summed E-state index contributed by atoms with van der Waals surface area (Å²) in [7, 11) is 0. The van der Waals surface area contributed by atoms with E-state index in [1.165, 1.54) is 11.1 Å². The fraction of sp³-hybridized carbons (Fsp3) is 0.467. The Hall–Kier alpha value is -1.16. The fourth-order valence-corrected chi connectivity index (χ4v) is 2.19. The molecule has 0 aliphatic carbocycles. The van der Waals surface area contributed by atoms with Crippen LogP contribution in [0.4, 0.5) is 0 Å². The largest absolute Gasteiger partial charge is 0.314 e. The lowest BCUT2D eigenvalue weighted by molar-refractivity contribution is 0.272. The summed E-state index contributed by atoms with van der Waals surface area (Å²) in [6.45, 7) is 11.3. The van der Waals surface area contributed by atoms with Gasteiger partial charge in [0.15, 0.2) is 0 Å². The molecule has 18 heavy (non-hydrogen) atoms. The van der Waals surface area contributed by atoms with Crippen LogP contribution in [-0.2, 0) is 6.54 Å². The van der Waals surface area contributed by atoms with E-state index in [1.807, 2.05) is 6.08 Å². The van der Waals surface area contributed by atoms with Crippen LogP contribution < -0.4 is 10.6 Å². The van der Waals surface area contributed by atoms with Crippen molar-refractivity contribution in [3.63, 3.8) is 0 Å². The summed E-state index contributed by atoms with van der Waals surface area (Å²) >= 11 is 0. The Morgan fingerprint density at radius 3 is 2.17 bits per heavy atom.